The number of nitrogens with zero attached hydrogens (tertiary/aromatic N) is 2. The van der Waals surface area contributed by atoms with E-state index in [4.69, 9.17) is 4.74 Å². The molecule has 1 aliphatic rings. The Labute approximate surface area is 196 Å². The third-order valence-electron chi connectivity index (χ3n) is 5.83. The van der Waals surface area contributed by atoms with Gasteiger partial charge in [0.05, 0.1) is 10.9 Å². The molecule has 0 saturated heterocycles. The number of amides is 1. The average Bonchev–Trinajstić information content (AvgIpc) is 3.69. The summed E-state index contributed by atoms with van der Waals surface area (Å²) in [5.74, 6) is 1.43. The summed E-state index contributed by atoms with van der Waals surface area (Å²) >= 11 is 0. The van der Waals surface area contributed by atoms with Crippen molar-refractivity contribution >= 4 is 16.8 Å². The van der Waals surface area contributed by atoms with Crippen molar-refractivity contribution in [2.24, 2.45) is 0 Å². The van der Waals surface area contributed by atoms with E-state index in [1.807, 2.05) is 30.3 Å². The van der Waals surface area contributed by atoms with Crippen LogP contribution in [0.5, 0.6) is 11.5 Å². The van der Waals surface area contributed by atoms with Gasteiger partial charge in [-0.2, -0.15) is 0 Å². The number of aryl methyl sites for hydroxylation is 1. The number of hydrogen-bond acceptors (Lipinski definition) is 4. The quantitative estimate of drug-likeness (QED) is 0.408. The second kappa shape index (κ2) is 9.47. The zero-order chi connectivity index (χ0) is 23.5. The number of ether oxygens (including phenoxy) is 1. The number of carbonyl (C=O) groups excluding carboxylic acids is 1. The zero-order valence-corrected chi connectivity index (χ0v) is 18.5. The summed E-state index contributed by atoms with van der Waals surface area (Å²) in [7, 11) is 0. The van der Waals surface area contributed by atoms with Crippen LogP contribution in [0.2, 0.25) is 0 Å². The topological polar surface area (TPSA) is 73.2 Å². The Balaban J connectivity index is 1.18. The molecule has 7 heteroatoms. The monoisotopic (exact) mass is 457 g/mol. The molecule has 1 fully saturated rings. The molecule has 1 aliphatic carbocycles. The predicted molar refractivity (Wildman–Crippen MR) is 127 cm³/mol. The number of nitrogens with one attached hydrogen (secondary N) is 1. The Morgan fingerprint density at radius 1 is 1.00 bits per heavy atom. The van der Waals surface area contributed by atoms with Gasteiger partial charge in [0.15, 0.2) is 0 Å². The third-order valence-corrected chi connectivity index (χ3v) is 5.83. The maximum absolute atomic E-state index is 13.0. The van der Waals surface area contributed by atoms with Crippen LogP contribution >= 0.6 is 0 Å². The molecule has 34 heavy (non-hydrogen) atoms. The van der Waals surface area contributed by atoms with E-state index in [1.54, 1.807) is 34.9 Å². The van der Waals surface area contributed by atoms with Crippen LogP contribution in [0.1, 0.15) is 36.7 Å². The van der Waals surface area contributed by atoms with Crippen LogP contribution in [0.3, 0.4) is 0 Å². The number of fused-ring (bicyclic) bond motifs is 1. The number of benzene rings is 3. The summed E-state index contributed by atoms with van der Waals surface area (Å²) in [5, 5.41) is 3.54. The lowest BCUT2D eigenvalue weighted by atomic mass is 10.2. The van der Waals surface area contributed by atoms with Crippen molar-refractivity contribution in [3.8, 4) is 11.5 Å². The maximum Gasteiger partial charge on any atom is 0.261 e. The molecule has 1 amide bonds. The van der Waals surface area contributed by atoms with E-state index in [0.717, 1.165) is 18.4 Å². The van der Waals surface area contributed by atoms with Gasteiger partial charge in [0.2, 0.25) is 5.91 Å². The summed E-state index contributed by atoms with van der Waals surface area (Å²) in [5.41, 5.74) is 1.58. The van der Waals surface area contributed by atoms with Crippen molar-refractivity contribution in [3.05, 3.63) is 100 Å². The normalized spacial score (nSPS) is 13.1. The van der Waals surface area contributed by atoms with Gasteiger partial charge in [-0.15, -0.1) is 0 Å². The van der Waals surface area contributed by atoms with Crippen LogP contribution in [0.25, 0.3) is 10.9 Å². The highest BCUT2D eigenvalue weighted by Crippen LogP contribution is 2.35. The van der Waals surface area contributed by atoms with Gasteiger partial charge in [-0.1, -0.05) is 24.3 Å². The minimum atomic E-state index is -0.314. The largest absolute Gasteiger partial charge is 0.457 e. The highest BCUT2D eigenvalue weighted by Gasteiger charge is 2.28. The summed E-state index contributed by atoms with van der Waals surface area (Å²) in [6.45, 7) is 0.385. The Bertz CT molecular complexity index is 1380. The van der Waals surface area contributed by atoms with Crippen LogP contribution < -0.4 is 15.6 Å². The highest BCUT2D eigenvalue weighted by atomic mass is 19.1. The third kappa shape index (κ3) is 4.98. The maximum atomic E-state index is 13.0. The van der Waals surface area contributed by atoms with Crippen molar-refractivity contribution in [2.45, 2.75) is 38.3 Å². The average molecular weight is 458 g/mol. The molecule has 1 aromatic heterocycles. The molecule has 0 atom stereocenters. The number of aromatic nitrogens is 2. The molecule has 1 heterocycles. The number of rotatable bonds is 8. The van der Waals surface area contributed by atoms with Gasteiger partial charge >= 0.3 is 0 Å². The first-order chi connectivity index (χ1) is 16.6. The van der Waals surface area contributed by atoms with E-state index in [9.17, 15) is 14.0 Å². The van der Waals surface area contributed by atoms with Crippen molar-refractivity contribution < 1.29 is 13.9 Å². The smallest absolute Gasteiger partial charge is 0.261 e. The zero-order valence-electron chi connectivity index (χ0n) is 18.5. The number of hydrogen-bond donors (Lipinski definition) is 1. The molecule has 0 radical (unpaired) electrons. The van der Waals surface area contributed by atoms with E-state index in [0.29, 0.717) is 41.2 Å². The number of halogens is 1. The van der Waals surface area contributed by atoms with Crippen molar-refractivity contribution in [1.29, 1.82) is 0 Å². The van der Waals surface area contributed by atoms with Crippen LogP contribution in [0.4, 0.5) is 4.39 Å². The lowest BCUT2D eigenvalue weighted by Gasteiger charge is -2.13. The van der Waals surface area contributed by atoms with Crippen LogP contribution in [0.15, 0.2) is 77.6 Å². The Morgan fingerprint density at radius 3 is 2.38 bits per heavy atom. The van der Waals surface area contributed by atoms with Crippen molar-refractivity contribution in [1.82, 2.24) is 14.9 Å². The van der Waals surface area contributed by atoms with Crippen LogP contribution in [-0.4, -0.2) is 15.5 Å². The molecule has 4 aromatic rings. The van der Waals surface area contributed by atoms with E-state index in [-0.39, 0.29) is 29.7 Å². The fourth-order valence-electron chi connectivity index (χ4n) is 3.91. The van der Waals surface area contributed by atoms with Gasteiger partial charge in [0.25, 0.3) is 5.56 Å². The van der Waals surface area contributed by atoms with Gasteiger partial charge < -0.3 is 10.1 Å². The molecular formula is C27H24FN3O3. The first-order valence-corrected chi connectivity index (χ1v) is 11.4. The summed E-state index contributed by atoms with van der Waals surface area (Å²) in [4.78, 5) is 30.1. The highest BCUT2D eigenvalue weighted by molar-refractivity contribution is 5.78. The Morgan fingerprint density at radius 2 is 1.68 bits per heavy atom. The Kier molecular flexibility index (Phi) is 6.08. The molecule has 0 spiro atoms. The molecular weight excluding hydrogens is 433 g/mol. The first kappa shape index (κ1) is 21.8. The van der Waals surface area contributed by atoms with E-state index < -0.39 is 0 Å². The summed E-state index contributed by atoms with van der Waals surface area (Å²) in [6, 6.07) is 20.7. The molecule has 0 aliphatic heterocycles. The number of carbonyl (C=O) groups is 1. The van der Waals surface area contributed by atoms with Crippen molar-refractivity contribution in [2.75, 3.05) is 0 Å². The van der Waals surface area contributed by atoms with E-state index >= 15 is 0 Å². The molecule has 6 nitrogen and oxygen atoms in total. The van der Waals surface area contributed by atoms with Gasteiger partial charge in [0, 0.05) is 25.4 Å². The predicted octanol–water partition coefficient (Wildman–Crippen LogP) is 4.91. The van der Waals surface area contributed by atoms with E-state index in [2.05, 4.69) is 10.3 Å². The molecule has 1 N–H and O–H groups in total. The lowest BCUT2D eigenvalue weighted by molar-refractivity contribution is -0.121. The SMILES string of the molecule is O=C(CCc1nc2ccccc2c(=O)n1C1CC1)NCc1ccc(Oc2ccc(F)cc2)cc1. The second-order valence-corrected chi connectivity index (χ2v) is 8.43. The fourth-order valence-corrected chi connectivity index (χ4v) is 3.91. The Hall–Kier alpha value is -4.00. The molecule has 0 bridgehead atoms. The van der Waals surface area contributed by atoms with Gasteiger partial charge in [-0.25, -0.2) is 9.37 Å². The standard InChI is InChI=1S/C27H24FN3O3/c28-19-7-13-22(14-8-19)34-21-11-5-18(6-12-21)17-29-26(32)16-15-25-30-24-4-2-1-3-23(24)27(33)31(25)20-9-10-20/h1-8,11-14,20H,9-10,15-17H2,(H,29,32). The lowest BCUT2D eigenvalue weighted by Crippen LogP contribution is -2.27. The molecule has 172 valence electrons. The van der Waals surface area contributed by atoms with Crippen LogP contribution in [0, 0.1) is 5.82 Å². The molecule has 1 saturated carbocycles. The molecule has 5 rings (SSSR count). The first-order valence-electron chi connectivity index (χ1n) is 11.4. The minimum absolute atomic E-state index is 0.0218. The van der Waals surface area contributed by atoms with Crippen LogP contribution in [-0.2, 0) is 17.8 Å². The van der Waals surface area contributed by atoms with Crippen molar-refractivity contribution in [3.63, 3.8) is 0 Å². The minimum Gasteiger partial charge on any atom is -0.457 e. The van der Waals surface area contributed by atoms with E-state index in [1.165, 1.54) is 12.1 Å². The summed E-state index contributed by atoms with van der Waals surface area (Å²) in [6.07, 6.45) is 2.61. The summed E-state index contributed by atoms with van der Waals surface area (Å²) < 4.78 is 20.5. The molecule has 3 aromatic carbocycles. The fraction of sp³-hybridized carbons (Fsp3) is 0.222. The van der Waals surface area contributed by atoms with Gasteiger partial charge in [0.1, 0.15) is 23.1 Å². The number of para-hydroxylation sites is 1. The van der Waals surface area contributed by atoms with Gasteiger partial charge in [-0.3, -0.25) is 14.2 Å². The second-order valence-electron chi connectivity index (χ2n) is 8.43. The molecule has 0 unspecified atom stereocenters. The van der Waals surface area contributed by atoms with Gasteiger partial charge in [-0.05, 0) is 66.9 Å².